The molecular weight excluding hydrogens is 198 g/mol. The first-order valence-corrected chi connectivity index (χ1v) is 5.73. The smallest absolute Gasteiger partial charge is 0.0448 e. The third kappa shape index (κ3) is 1.40. The summed E-state index contributed by atoms with van der Waals surface area (Å²) < 4.78 is 0. The van der Waals surface area contributed by atoms with Gasteiger partial charge in [-0.15, -0.1) is 0 Å². The number of hydrogen-bond donors (Lipinski definition) is 1. The number of nitrogens with two attached hydrogens (primary N) is 1. The molecule has 82 valence electrons. The SMILES string of the molecule is Nc1ccc(N2CCCC2)c2ccncc12. The lowest BCUT2D eigenvalue weighted by Gasteiger charge is -2.20. The topological polar surface area (TPSA) is 42.1 Å². The molecule has 2 aromatic rings. The molecule has 1 aromatic carbocycles. The Hall–Kier alpha value is -1.77. The molecule has 1 aliphatic rings. The number of fused-ring (bicyclic) bond motifs is 1. The number of benzene rings is 1. The maximum atomic E-state index is 5.97. The Morgan fingerprint density at radius 1 is 1.06 bits per heavy atom. The number of nitrogens with zero attached hydrogens (tertiary/aromatic N) is 2. The van der Waals surface area contributed by atoms with Crippen molar-refractivity contribution in [1.29, 1.82) is 0 Å². The molecule has 0 unspecified atom stereocenters. The Balaban J connectivity index is 2.21. The highest BCUT2D eigenvalue weighted by Gasteiger charge is 2.15. The van der Waals surface area contributed by atoms with Crippen LogP contribution in [0.3, 0.4) is 0 Å². The standard InChI is InChI=1S/C13H15N3/c14-12-3-4-13(16-7-1-2-8-16)10-5-6-15-9-11(10)12/h3-6,9H,1-2,7-8,14H2. The van der Waals surface area contributed by atoms with E-state index >= 15 is 0 Å². The van der Waals surface area contributed by atoms with Crippen LogP contribution in [0.2, 0.25) is 0 Å². The molecule has 1 saturated heterocycles. The van der Waals surface area contributed by atoms with Crippen LogP contribution in [0.5, 0.6) is 0 Å². The normalized spacial score (nSPS) is 15.9. The largest absolute Gasteiger partial charge is 0.398 e. The van der Waals surface area contributed by atoms with Gasteiger partial charge in [-0.3, -0.25) is 4.98 Å². The van der Waals surface area contributed by atoms with E-state index in [9.17, 15) is 0 Å². The molecule has 0 radical (unpaired) electrons. The van der Waals surface area contributed by atoms with Crippen molar-refractivity contribution < 1.29 is 0 Å². The first-order chi connectivity index (χ1) is 7.86. The van der Waals surface area contributed by atoms with E-state index in [0.29, 0.717) is 0 Å². The van der Waals surface area contributed by atoms with Gasteiger partial charge >= 0.3 is 0 Å². The molecule has 16 heavy (non-hydrogen) atoms. The van der Waals surface area contributed by atoms with E-state index in [1.54, 1.807) is 0 Å². The Bertz CT molecular complexity index is 516. The van der Waals surface area contributed by atoms with Gasteiger partial charge in [-0.1, -0.05) is 0 Å². The lowest BCUT2D eigenvalue weighted by atomic mass is 10.1. The highest BCUT2D eigenvalue weighted by Crippen LogP contribution is 2.31. The van der Waals surface area contributed by atoms with Crippen molar-refractivity contribution in [2.75, 3.05) is 23.7 Å². The summed E-state index contributed by atoms with van der Waals surface area (Å²) in [6.45, 7) is 2.31. The number of nitrogen functional groups attached to an aromatic ring is 1. The molecule has 1 aromatic heterocycles. The minimum atomic E-state index is 0.811. The minimum absolute atomic E-state index is 0.811. The molecule has 1 fully saturated rings. The van der Waals surface area contributed by atoms with Crippen LogP contribution < -0.4 is 10.6 Å². The van der Waals surface area contributed by atoms with Crippen molar-refractivity contribution in [1.82, 2.24) is 4.98 Å². The van der Waals surface area contributed by atoms with Crippen LogP contribution >= 0.6 is 0 Å². The van der Waals surface area contributed by atoms with Gasteiger partial charge in [-0.05, 0) is 31.0 Å². The molecule has 0 bridgehead atoms. The Morgan fingerprint density at radius 2 is 1.88 bits per heavy atom. The van der Waals surface area contributed by atoms with Gasteiger partial charge in [0.25, 0.3) is 0 Å². The first kappa shape index (κ1) is 9.46. The Morgan fingerprint density at radius 3 is 2.69 bits per heavy atom. The predicted molar refractivity (Wildman–Crippen MR) is 67.6 cm³/mol. The van der Waals surface area contributed by atoms with Crippen LogP contribution in [0.4, 0.5) is 11.4 Å². The average Bonchev–Trinajstić information content (AvgIpc) is 2.83. The number of pyridine rings is 1. The number of rotatable bonds is 1. The van der Waals surface area contributed by atoms with Gasteiger partial charge in [0.05, 0.1) is 0 Å². The summed E-state index contributed by atoms with van der Waals surface area (Å²) >= 11 is 0. The van der Waals surface area contributed by atoms with Crippen molar-refractivity contribution in [2.45, 2.75) is 12.8 Å². The fourth-order valence-electron chi connectivity index (χ4n) is 2.43. The molecule has 2 heterocycles. The molecular formula is C13H15N3. The molecule has 3 nitrogen and oxygen atoms in total. The lowest BCUT2D eigenvalue weighted by Crippen LogP contribution is -2.17. The molecule has 0 aliphatic carbocycles. The third-order valence-electron chi connectivity index (χ3n) is 3.28. The highest BCUT2D eigenvalue weighted by atomic mass is 15.1. The van der Waals surface area contributed by atoms with E-state index in [2.05, 4.69) is 22.0 Å². The molecule has 0 saturated carbocycles. The second kappa shape index (κ2) is 3.67. The van der Waals surface area contributed by atoms with Crippen LogP contribution in [0, 0.1) is 0 Å². The zero-order valence-electron chi connectivity index (χ0n) is 9.19. The van der Waals surface area contributed by atoms with Gasteiger partial charge in [-0.25, -0.2) is 0 Å². The van der Waals surface area contributed by atoms with E-state index in [1.807, 2.05) is 18.5 Å². The monoisotopic (exact) mass is 213 g/mol. The van der Waals surface area contributed by atoms with E-state index in [1.165, 1.54) is 23.9 Å². The predicted octanol–water partition coefficient (Wildman–Crippen LogP) is 2.42. The maximum absolute atomic E-state index is 5.97. The molecule has 1 aliphatic heterocycles. The number of hydrogen-bond acceptors (Lipinski definition) is 3. The van der Waals surface area contributed by atoms with Gasteiger partial charge in [0.2, 0.25) is 0 Å². The third-order valence-corrected chi connectivity index (χ3v) is 3.28. The van der Waals surface area contributed by atoms with Gasteiger partial charge in [-0.2, -0.15) is 0 Å². The van der Waals surface area contributed by atoms with Crippen LogP contribution in [0.15, 0.2) is 30.6 Å². The molecule has 0 spiro atoms. The Kier molecular flexibility index (Phi) is 2.17. The van der Waals surface area contributed by atoms with Crippen molar-refractivity contribution >= 4 is 22.1 Å². The second-order valence-electron chi connectivity index (χ2n) is 4.29. The summed E-state index contributed by atoms with van der Waals surface area (Å²) in [5.74, 6) is 0. The molecule has 3 heteroatoms. The fraction of sp³-hybridized carbons (Fsp3) is 0.308. The second-order valence-corrected chi connectivity index (χ2v) is 4.29. The number of aromatic nitrogens is 1. The quantitative estimate of drug-likeness (QED) is 0.740. The fourth-order valence-corrected chi connectivity index (χ4v) is 2.43. The zero-order valence-corrected chi connectivity index (χ0v) is 9.19. The summed E-state index contributed by atoms with van der Waals surface area (Å²) in [5, 5.41) is 2.28. The average molecular weight is 213 g/mol. The van der Waals surface area contributed by atoms with Crippen molar-refractivity contribution in [2.24, 2.45) is 0 Å². The summed E-state index contributed by atoms with van der Waals surface area (Å²) in [4.78, 5) is 6.58. The zero-order chi connectivity index (χ0) is 11.0. The van der Waals surface area contributed by atoms with Crippen LogP contribution in [-0.2, 0) is 0 Å². The van der Waals surface area contributed by atoms with E-state index in [4.69, 9.17) is 5.73 Å². The van der Waals surface area contributed by atoms with Crippen molar-refractivity contribution in [3.8, 4) is 0 Å². The highest BCUT2D eigenvalue weighted by molar-refractivity contribution is 6.00. The molecule has 0 atom stereocenters. The van der Waals surface area contributed by atoms with Crippen LogP contribution in [0.25, 0.3) is 10.8 Å². The van der Waals surface area contributed by atoms with Gasteiger partial charge in [0, 0.05) is 47.6 Å². The van der Waals surface area contributed by atoms with Crippen molar-refractivity contribution in [3.05, 3.63) is 30.6 Å². The van der Waals surface area contributed by atoms with Crippen LogP contribution in [-0.4, -0.2) is 18.1 Å². The van der Waals surface area contributed by atoms with E-state index < -0.39 is 0 Å². The molecule has 2 N–H and O–H groups in total. The molecule has 3 rings (SSSR count). The van der Waals surface area contributed by atoms with Gasteiger partial charge < -0.3 is 10.6 Å². The maximum Gasteiger partial charge on any atom is 0.0448 e. The van der Waals surface area contributed by atoms with Crippen LogP contribution in [0.1, 0.15) is 12.8 Å². The summed E-state index contributed by atoms with van der Waals surface area (Å²) in [6.07, 6.45) is 6.26. The minimum Gasteiger partial charge on any atom is -0.398 e. The van der Waals surface area contributed by atoms with Gasteiger partial charge in [0.15, 0.2) is 0 Å². The van der Waals surface area contributed by atoms with Crippen molar-refractivity contribution in [3.63, 3.8) is 0 Å². The molecule has 0 amide bonds. The van der Waals surface area contributed by atoms with Gasteiger partial charge in [0.1, 0.15) is 0 Å². The lowest BCUT2D eigenvalue weighted by molar-refractivity contribution is 0.949. The Labute approximate surface area is 94.9 Å². The first-order valence-electron chi connectivity index (χ1n) is 5.73. The van der Waals surface area contributed by atoms with E-state index in [0.717, 1.165) is 24.2 Å². The van der Waals surface area contributed by atoms with E-state index in [-0.39, 0.29) is 0 Å². The summed E-state index contributed by atoms with van der Waals surface area (Å²) in [6, 6.07) is 6.17. The summed E-state index contributed by atoms with van der Waals surface area (Å²) in [7, 11) is 0. The number of anilines is 2. The summed E-state index contributed by atoms with van der Waals surface area (Å²) in [5.41, 5.74) is 8.07.